The summed E-state index contributed by atoms with van der Waals surface area (Å²) in [7, 11) is 0. The van der Waals surface area contributed by atoms with E-state index in [2.05, 4.69) is 90.2 Å². The fourth-order valence-electron chi connectivity index (χ4n) is 5.49. The van der Waals surface area contributed by atoms with Crippen molar-refractivity contribution in [3.63, 3.8) is 0 Å². The van der Waals surface area contributed by atoms with Gasteiger partial charge >= 0.3 is 0 Å². The van der Waals surface area contributed by atoms with Crippen LogP contribution in [-0.2, 0) is 0 Å². The highest BCUT2D eigenvalue weighted by Crippen LogP contribution is 2.39. The minimum atomic E-state index is -0.290. The first-order chi connectivity index (χ1) is 20.8. The number of benzene rings is 6. The Kier molecular flexibility index (Phi) is 6.60. The molecule has 0 saturated carbocycles. The number of fused-ring (bicyclic) bond motifs is 1. The number of nitrogens with one attached hydrogen (secondary N) is 1. The molecular weight excluding hydrogens is 512 g/mol. The average molecular weight is 539 g/mol. The standard InChI is InChI=1S/C38H26N4/c39-25-26-10-9-16-32(24-26)34-23-22-27-11-7-8-17-33(27)35(34)28-18-20-31(21-19-28)38-41-36(29-12-3-1-4-13-29)40-37(42-38)30-14-5-2-6-15-30/h1-24,38H,(H,40,41,42). The summed E-state index contributed by atoms with van der Waals surface area (Å²) in [5.74, 6) is 1.50. The zero-order valence-electron chi connectivity index (χ0n) is 22.8. The average Bonchev–Trinajstić information content (AvgIpc) is 3.08. The fourth-order valence-corrected chi connectivity index (χ4v) is 5.49. The summed E-state index contributed by atoms with van der Waals surface area (Å²) in [6.45, 7) is 0. The third-order valence-electron chi connectivity index (χ3n) is 7.57. The van der Waals surface area contributed by atoms with Crippen LogP contribution in [0.3, 0.4) is 0 Å². The Morgan fingerprint density at radius 2 is 1.29 bits per heavy atom. The van der Waals surface area contributed by atoms with Gasteiger partial charge in [-0.2, -0.15) is 5.26 Å². The lowest BCUT2D eigenvalue weighted by atomic mass is 9.89. The van der Waals surface area contributed by atoms with E-state index in [4.69, 9.17) is 9.98 Å². The lowest BCUT2D eigenvalue weighted by molar-refractivity contribution is 0.674. The molecule has 7 rings (SSSR count). The Bertz CT molecular complexity index is 2000. The van der Waals surface area contributed by atoms with Crippen molar-refractivity contribution in [3.05, 3.63) is 168 Å². The molecular formula is C38H26N4. The fraction of sp³-hybridized carbons (Fsp3) is 0.0263. The molecule has 0 fully saturated rings. The van der Waals surface area contributed by atoms with Gasteiger partial charge in [-0.05, 0) is 50.7 Å². The van der Waals surface area contributed by atoms with Gasteiger partial charge in [-0.25, -0.2) is 9.98 Å². The molecule has 1 unspecified atom stereocenters. The van der Waals surface area contributed by atoms with Crippen LogP contribution in [0.4, 0.5) is 0 Å². The summed E-state index contributed by atoms with van der Waals surface area (Å²) in [5.41, 5.74) is 8.05. The van der Waals surface area contributed by atoms with E-state index >= 15 is 0 Å². The minimum absolute atomic E-state index is 0.290. The third-order valence-corrected chi connectivity index (χ3v) is 7.57. The van der Waals surface area contributed by atoms with Crippen LogP contribution in [-0.4, -0.2) is 11.7 Å². The highest BCUT2D eigenvalue weighted by atomic mass is 15.2. The van der Waals surface area contributed by atoms with E-state index < -0.39 is 0 Å². The van der Waals surface area contributed by atoms with Gasteiger partial charge in [0.1, 0.15) is 12.0 Å². The summed E-state index contributed by atoms with van der Waals surface area (Å²) in [4.78, 5) is 9.91. The summed E-state index contributed by atoms with van der Waals surface area (Å²) in [6.07, 6.45) is -0.290. The Labute approximate surface area is 245 Å². The second-order valence-electron chi connectivity index (χ2n) is 10.2. The first kappa shape index (κ1) is 25.2. The normalized spacial score (nSPS) is 14.4. The van der Waals surface area contributed by atoms with Crippen LogP contribution in [0.2, 0.25) is 0 Å². The van der Waals surface area contributed by atoms with Crippen LogP contribution in [0, 0.1) is 11.3 Å². The van der Waals surface area contributed by atoms with Crippen LogP contribution in [0.1, 0.15) is 28.4 Å². The van der Waals surface area contributed by atoms with Crippen molar-refractivity contribution in [2.45, 2.75) is 6.17 Å². The first-order valence-corrected chi connectivity index (χ1v) is 13.9. The zero-order valence-corrected chi connectivity index (χ0v) is 22.8. The maximum atomic E-state index is 9.53. The maximum Gasteiger partial charge on any atom is 0.159 e. The monoisotopic (exact) mass is 538 g/mol. The topological polar surface area (TPSA) is 60.5 Å². The molecule has 0 aliphatic carbocycles. The molecule has 1 aliphatic rings. The van der Waals surface area contributed by atoms with Crippen LogP contribution in [0.25, 0.3) is 33.0 Å². The molecule has 42 heavy (non-hydrogen) atoms. The Morgan fingerprint density at radius 3 is 2.05 bits per heavy atom. The molecule has 4 heteroatoms. The van der Waals surface area contributed by atoms with E-state index in [-0.39, 0.29) is 6.17 Å². The zero-order chi connectivity index (χ0) is 28.3. The first-order valence-electron chi connectivity index (χ1n) is 13.9. The molecule has 0 saturated heterocycles. The Hall–Kier alpha value is -5.79. The van der Waals surface area contributed by atoms with Crippen molar-refractivity contribution in [2.24, 2.45) is 9.98 Å². The third kappa shape index (κ3) is 4.85. The van der Waals surface area contributed by atoms with Gasteiger partial charge in [-0.15, -0.1) is 0 Å². The van der Waals surface area contributed by atoms with Crippen LogP contribution >= 0.6 is 0 Å². The second-order valence-corrected chi connectivity index (χ2v) is 10.2. The van der Waals surface area contributed by atoms with E-state index in [0.29, 0.717) is 11.4 Å². The number of hydrogen-bond acceptors (Lipinski definition) is 4. The maximum absolute atomic E-state index is 9.53. The smallest absolute Gasteiger partial charge is 0.159 e. The predicted molar refractivity (Wildman–Crippen MR) is 171 cm³/mol. The van der Waals surface area contributed by atoms with Gasteiger partial charge in [0.2, 0.25) is 0 Å². The number of amidine groups is 2. The molecule has 0 radical (unpaired) electrons. The number of rotatable bonds is 5. The molecule has 1 aliphatic heterocycles. The minimum Gasteiger partial charge on any atom is -0.344 e. The SMILES string of the molecule is N#Cc1cccc(-c2ccc3ccccc3c2-c2ccc(C3N=C(c4ccccc4)N=C(c4ccccc4)N3)cc2)c1. The van der Waals surface area contributed by atoms with Gasteiger partial charge in [0.15, 0.2) is 5.84 Å². The van der Waals surface area contributed by atoms with Crippen LogP contribution < -0.4 is 5.32 Å². The molecule has 4 nitrogen and oxygen atoms in total. The van der Waals surface area contributed by atoms with E-state index in [1.165, 1.54) is 10.8 Å². The predicted octanol–water partition coefficient (Wildman–Crippen LogP) is 8.54. The molecule has 0 amide bonds. The number of nitrogens with zero attached hydrogens (tertiary/aromatic N) is 3. The van der Waals surface area contributed by atoms with Crippen LogP contribution in [0.15, 0.2) is 156 Å². The highest BCUT2D eigenvalue weighted by Gasteiger charge is 2.21. The summed E-state index contributed by atoms with van der Waals surface area (Å²) in [5, 5.41) is 15.4. The van der Waals surface area contributed by atoms with Gasteiger partial charge < -0.3 is 5.32 Å². The van der Waals surface area contributed by atoms with E-state index in [1.807, 2.05) is 66.7 Å². The molecule has 0 aromatic heterocycles. The molecule has 6 aromatic carbocycles. The van der Waals surface area contributed by atoms with Gasteiger partial charge in [-0.1, -0.05) is 133 Å². The van der Waals surface area contributed by atoms with E-state index in [1.54, 1.807) is 0 Å². The van der Waals surface area contributed by atoms with Gasteiger partial charge in [0.05, 0.1) is 11.6 Å². The molecule has 0 spiro atoms. The second kappa shape index (κ2) is 11.0. The van der Waals surface area contributed by atoms with Gasteiger partial charge in [0.25, 0.3) is 0 Å². The van der Waals surface area contributed by atoms with Crippen molar-refractivity contribution < 1.29 is 0 Å². The van der Waals surface area contributed by atoms with Gasteiger partial charge in [0, 0.05) is 11.1 Å². The van der Waals surface area contributed by atoms with Crippen molar-refractivity contribution in [1.29, 1.82) is 5.26 Å². The van der Waals surface area contributed by atoms with E-state index in [9.17, 15) is 5.26 Å². The summed E-state index contributed by atoms with van der Waals surface area (Å²) < 4.78 is 0. The quantitative estimate of drug-likeness (QED) is 0.239. The molecule has 1 atom stereocenters. The van der Waals surface area contributed by atoms with E-state index in [0.717, 1.165) is 44.8 Å². The molecule has 1 N–H and O–H groups in total. The summed E-state index contributed by atoms with van der Waals surface area (Å²) >= 11 is 0. The molecule has 0 bridgehead atoms. The van der Waals surface area contributed by atoms with Gasteiger partial charge in [-0.3, -0.25) is 0 Å². The number of hydrogen-bond donors (Lipinski definition) is 1. The van der Waals surface area contributed by atoms with Crippen molar-refractivity contribution in [3.8, 4) is 28.3 Å². The lowest BCUT2D eigenvalue weighted by Gasteiger charge is -2.24. The molecule has 198 valence electrons. The van der Waals surface area contributed by atoms with Crippen LogP contribution in [0.5, 0.6) is 0 Å². The lowest BCUT2D eigenvalue weighted by Crippen LogP contribution is -2.33. The number of nitriles is 1. The number of aliphatic imine (C=N–C) groups is 2. The molecule has 6 aromatic rings. The molecule has 1 heterocycles. The summed E-state index contributed by atoms with van der Waals surface area (Å²) in [6, 6.07) is 51.7. The Balaban J connectivity index is 1.31. The largest absolute Gasteiger partial charge is 0.344 e. The van der Waals surface area contributed by atoms with Crippen molar-refractivity contribution in [1.82, 2.24) is 5.32 Å². The highest BCUT2D eigenvalue weighted by molar-refractivity contribution is 6.13. The van der Waals surface area contributed by atoms with Crippen molar-refractivity contribution in [2.75, 3.05) is 0 Å². The van der Waals surface area contributed by atoms with Crippen molar-refractivity contribution >= 4 is 22.4 Å². The Morgan fingerprint density at radius 1 is 0.595 bits per heavy atom.